The summed E-state index contributed by atoms with van der Waals surface area (Å²) in [6.45, 7) is 7.33. The number of carbonyl (C=O) groups is 2. The third kappa shape index (κ3) is 5.12. The predicted molar refractivity (Wildman–Crippen MR) is 114 cm³/mol. The molecule has 3 aliphatic heterocycles. The monoisotopic (exact) mass is 423 g/mol. The average Bonchev–Trinajstić information content (AvgIpc) is 3.24. The number of rotatable bonds is 3. The van der Waals surface area contributed by atoms with Crippen molar-refractivity contribution in [2.45, 2.75) is 51.5 Å². The number of halogens is 1. The lowest BCUT2D eigenvalue weighted by Crippen LogP contribution is -2.46. The standard InChI is InChI=1S/C21H33N5O2.ClH/c1-16-4-10-24(11-5-16)20(27)17-6-12-25(13-7-17)21(28)19-8-14-26(23-19)18-3-2-9-22-15-18;/h8,14,16-18,22H,2-7,9-13,15H2,1H3;1H. The van der Waals surface area contributed by atoms with Gasteiger partial charge in [-0.05, 0) is 57.1 Å². The molecule has 1 unspecified atom stereocenters. The van der Waals surface area contributed by atoms with E-state index < -0.39 is 0 Å². The van der Waals surface area contributed by atoms with Crippen molar-refractivity contribution < 1.29 is 9.59 Å². The maximum Gasteiger partial charge on any atom is 0.274 e. The van der Waals surface area contributed by atoms with Gasteiger partial charge in [-0.1, -0.05) is 6.92 Å². The summed E-state index contributed by atoms with van der Waals surface area (Å²) in [5.74, 6) is 1.10. The van der Waals surface area contributed by atoms with Crippen LogP contribution in [0.5, 0.6) is 0 Å². The number of aromatic nitrogens is 2. The molecule has 1 atom stereocenters. The molecule has 0 aliphatic carbocycles. The van der Waals surface area contributed by atoms with Crippen LogP contribution in [0.15, 0.2) is 12.3 Å². The molecule has 2 amide bonds. The van der Waals surface area contributed by atoms with Crippen LogP contribution in [0.1, 0.15) is 62.0 Å². The molecule has 0 saturated carbocycles. The average molecular weight is 424 g/mol. The summed E-state index contributed by atoms with van der Waals surface area (Å²) < 4.78 is 1.94. The summed E-state index contributed by atoms with van der Waals surface area (Å²) in [6.07, 6.45) is 7.94. The third-order valence-electron chi connectivity index (χ3n) is 6.70. The highest BCUT2D eigenvalue weighted by Crippen LogP contribution is 2.24. The number of hydrogen-bond donors (Lipinski definition) is 1. The normalized spacial score (nSPS) is 24.2. The SMILES string of the molecule is CC1CCN(C(=O)C2CCN(C(=O)c3ccn(C4CCCNC4)n3)CC2)CC1.Cl. The molecular weight excluding hydrogens is 390 g/mol. The van der Waals surface area contributed by atoms with Crippen LogP contribution in [-0.4, -0.2) is 70.7 Å². The summed E-state index contributed by atoms with van der Waals surface area (Å²) >= 11 is 0. The second-order valence-corrected chi connectivity index (χ2v) is 8.76. The molecule has 3 saturated heterocycles. The largest absolute Gasteiger partial charge is 0.342 e. The molecule has 0 bridgehead atoms. The van der Waals surface area contributed by atoms with Gasteiger partial charge in [0, 0.05) is 44.8 Å². The van der Waals surface area contributed by atoms with Crippen molar-refractivity contribution in [2.75, 3.05) is 39.3 Å². The Kier molecular flexibility index (Phi) is 7.57. The first kappa shape index (κ1) is 22.1. The Hall–Kier alpha value is -1.60. The van der Waals surface area contributed by atoms with E-state index in [0.717, 1.165) is 70.6 Å². The molecule has 4 rings (SSSR count). The minimum absolute atomic E-state index is 0. The quantitative estimate of drug-likeness (QED) is 0.810. The van der Waals surface area contributed by atoms with Crippen molar-refractivity contribution in [3.63, 3.8) is 0 Å². The van der Waals surface area contributed by atoms with Crippen LogP contribution in [-0.2, 0) is 4.79 Å². The minimum Gasteiger partial charge on any atom is -0.342 e. The fourth-order valence-corrected chi connectivity index (χ4v) is 4.69. The molecule has 3 fully saturated rings. The first-order chi connectivity index (χ1) is 13.6. The molecular formula is C21H34ClN5O2. The Bertz CT molecular complexity index is 687. The molecule has 1 aromatic heterocycles. The van der Waals surface area contributed by atoms with E-state index in [0.29, 0.717) is 30.7 Å². The number of likely N-dealkylation sites (tertiary alicyclic amines) is 2. The molecule has 3 aliphatic rings. The fraction of sp³-hybridized carbons (Fsp3) is 0.762. The van der Waals surface area contributed by atoms with Crippen molar-refractivity contribution >= 4 is 24.2 Å². The van der Waals surface area contributed by atoms with E-state index >= 15 is 0 Å². The highest BCUT2D eigenvalue weighted by molar-refractivity contribution is 5.92. The summed E-state index contributed by atoms with van der Waals surface area (Å²) in [5.41, 5.74) is 0.528. The van der Waals surface area contributed by atoms with E-state index in [9.17, 15) is 9.59 Å². The van der Waals surface area contributed by atoms with E-state index in [2.05, 4.69) is 17.3 Å². The zero-order valence-corrected chi connectivity index (χ0v) is 18.2. The van der Waals surface area contributed by atoms with Gasteiger partial charge in [0.05, 0.1) is 6.04 Å². The van der Waals surface area contributed by atoms with Crippen LogP contribution in [0.2, 0.25) is 0 Å². The highest BCUT2D eigenvalue weighted by Gasteiger charge is 2.32. The smallest absolute Gasteiger partial charge is 0.274 e. The summed E-state index contributed by atoms with van der Waals surface area (Å²) in [6, 6.07) is 2.18. The van der Waals surface area contributed by atoms with Crippen LogP contribution in [0.4, 0.5) is 0 Å². The van der Waals surface area contributed by atoms with Crippen LogP contribution in [0.3, 0.4) is 0 Å². The molecule has 162 valence electrons. The van der Waals surface area contributed by atoms with Gasteiger partial charge < -0.3 is 15.1 Å². The van der Waals surface area contributed by atoms with Gasteiger partial charge in [-0.25, -0.2) is 0 Å². The predicted octanol–water partition coefficient (Wildman–Crippen LogP) is 2.34. The first-order valence-electron chi connectivity index (χ1n) is 11.0. The van der Waals surface area contributed by atoms with Gasteiger partial charge in [0.2, 0.25) is 5.91 Å². The van der Waals surface area contributed by atoms with Gasteiger partial charge in [0.15, 0.2) is 0 Å². The molecule has 1 aromatic rings. The molecule has 1 N–H and O–H groups in total. The molecule has 8 heteroatoms. The lowest BCUT2D eigenvalue weighted by Gasteiger charge is -2.36. The van der Waals surface area contributed by atoms with Crippen molar-refractivity contribution in [1.82, 2.24) is 24.9 Å². The summed E-state index contributed by atoms with van der Waals surface area (Å²) in [7, 11) is 0. The zero-order valence-electron chi connectivity index (χ0n) is 17.4. The van der Waals surface area contributed by atoms with Gasteiger partial charge in [0.1, 0.15) is 5.69 Å². The Morgan fingerprint density at radius 3 is 2.38 bits per heavy atom. The van der Waals surface area contributed by atoms with Crippen LogP contribution in [0.25, 0.3) is 0 Å². The topological polar surface area (TPSA) is 70.5 Å². The molecule has 4 heterocycles. The van der Waals surface area contributed by atoms with E-state index in [4.69, 9.17) is 0 Å². The summed E-state index contributed by atoms with van der Waals surface area (Å²) in [4.78, 5) is 29.5. The number of nitrogens with zero attached hydrogens (tertiary/aromatic N) is 4. The zero-order chi connectivity index (χ0) is 19.5. The van der Waals surface area contributed by atoms with E-state index in [-0.39, 0.29) is 24.2 Å². The van der Waals surface area contributed by atoms with E-state index in [1.54, 1.807) is 0 Å². The molecule has 7 nitrogen and oxygen atoms in total. The summed E-state index contributed by atoms with van der Waals surface area (Å²) in [5, 5.41) is 7.94. The minimum atomic E-state index is 0. The van der Waals surface area contributed by atoms with Crippen molar-refractivity contribution in [1.29, 1.82) is 0 Å². The fourth-order valence-electron chi connectivity index (χ4n) is 4.69. The maximum atomic E-state index is 12.8. The number of piperidine rings is 3. The number of carbonyl (C=O) groups excluding carboxylic acids is 2. The van der Waals surface area contributed by atoms with Crippen molar-refractivity contribution in [2.24, 2.45) is 11.8 Å². The second kappa shape index (κ2) is 9.94. The third-order valence-corrected chi connectivity index (χ3v) is 6.70. The second-order valence-electron chi connectivity index (χ2n) is 8.76. The van der Waals surface area contributed by atoms with E-state index in [1.165, 1.54) is 0 Å². The van der Waals surface area contributed by atoms with E-state index in [1.807, 2.05) is 26.7 Å². The Morgan fingerprint density at radius 1 is 1.03 bits per heavy atom. The van der Waals surface area contributed by atoms with Gasteiger partial charge in [-0.15, -0.1) is 12.4 Å². The van der Waals surface area contributed by atoms with Crippen LogP contribution < -0.4 is 5.32 Å². The lowest BCUT2D eigenvalue weighted by molar-refractivity contribution is -0.138. The van der Waals surface area contributed by atoms with Crippen molar-refractivity contribution in [3.05, 3.63) is 18.0 Å². The molecule has 0 spiro atoms. The lowest BCUT2D eigenvalue weighted by atomic mass is 9.92. The Balaban J connectivity index is 0.00000240. The molecule has 0 radical (unpaired) electrons. The van der Waals surface area contributed by atoms with Gasteiger partial charge in [-0.3, -0.25) is 14.3 Å². The Morgan fingerprint density at radius 2 is 1.72 bits per heavy atom. The maximum absolute atomic E-state index is 12.8. The molecule has 0 aromatic carbocycles. The van der Waals surface area contributed by atoms with Crippen molar-refractivity contribution in [3.8, 4) is 0 Å². The van der Waals surface area contributed by atoms with Gasteiger partial charge in [0.25, 0.3) is 5.91 Å². The van der Waals surface area contributed by atoms with Crippen LogP contribution >= 0.6 is 12.4 Å². The number of nitrogens with one attached hydrogen (secondary N) is 1. The number of amides is 2. The molecule has 29 heavy (non-hydrogen) atoms. The number of hydrogen-bond acceptors (Lipinski definition) is 4. The van der Waals surface area contributed by atoms with Gasteiger partial charge >= 0.3 is 0 Å². The highest BCUT2D eigenvalue weighted by atomic mass is 35.5. The van der Waals surface area contributed by atoms with Gasteiger partial charge in [-0.2, -0.15) is 5.10 Å². The Labute approximate surface area is 179 Å². The van der Waals surface area contributed by atoms with Crippen LogP contribution in [0, 0.1) is 11.8 Å². The first-order valence-corrected chi connectivity index (χ1v) is 11.0.